The fourth-order valence-electron chi connectivity index (χ4n) is 2.04. The topological polar surface area (TPSA) is 88.5 Å². The number of benzene rings is 1. The third-order valence-corrected chi connectivity index (χ3v) is 5.20. The van der Waals surface area contributed by atoms with Crippen molar-refractivity contribution < 1.29 is 19.4 Å². The van der Waals surface area contributed by atoms with E-state index in [1.807, 2.05) is 18.4 Å². The molecule has 0 aliphatic rings. The molecule has 0 unspecified atom stereocenters. The predicted molar refractivity (Wildman–Crippen MR) is 97.2 cm³/mol. The number of carboxylic acid groups (broad SMARTS) is 1. The third-order valence-electron chi connectivity index (χ3n) is 3.34. The van der Waals surface area contributed by atoms with E-state index in [2.05, 4.69) is 15.7 Å². The van der Waals surface area contributed by atoms with Gasteiger partial charge in [0.25, 0.3) is 0 Å². The number of rotatable bonds is 5. The van der Waals surface area contributed by atoms with Crippen molar-refractivity contribution in [3.63, 3.8) is 0 Å². The summed E-state index contributed by atoms with van der Waals surface area (Å²) in [6, 6.07) is 8.57. The molecule has 6 nitrogen and oxygen atoms in total. The van der Waals surface area contributed by atoms with E-state index in [1.54, 1.807) is 46.9 Å². The van der Waals surface area contributed by atoms with Crippen LogP contribution in [-0.4, -0.2) is 22.0 Å². The third kappa shape index (κ3) is 4.23. The van der Waals surface area contributed by atoms with Crippen LogP contribution in [-0.2, 0) is 16.2 Å². The summed E-state index contributed by atoms with van der Waals surface area (Å²) >= 11 is 3.24. The van der Waals surface area contributed by atoms with Crippen LogP contribution in [0.5, 0.6) is 5.75 Å². The summed E-state index contributed by atoms with van der Waals surface area (Å²) in [7, 11) is 0. The molecule has 1 amide bonds. The van der Waals surface area contributed by atoms with E-state index in [1.165, 1.54) is 0 Å². The molecule has 1 aromatic carbocycles. The van der Waals surface area contributed by atoms with E-state index in [-0.39, 0.29) is 0 Å². The highest BCUT2D eigenvalue weighted by Crippen LogP contribution is 2.30. The molecule has 0 saturated heterocycles. The van der Waals surface area contributed by atoms with Gasteiger partial charge in [-0.05, 0) is 42.6 Å². The molecule has 3 rings (SSSR count). The summed E-state index contributed by atoms with van der Waals surface area (Å²) in [5, 5.41) is 15.9. The molecule has 0 aliphatic heterocycles. The first-order valence-electron chi connectivity index (χ1n) is 7.29. The van der Waals surface area contributed by atoms with Crippen LogP contribution in [0.2, 0.25) is 0 Å². The number of carboxylic acids is 1. The quantitative estimate of drug-likeness (QED) is 0.664. The normalized spacial score (nSPS) is 10.4. The van der Waals surface area contributed by atoms with Crippen molar-refractivity contribution in [2.24, 2.45) is 0 Å². The summed E-state index contributed by atoms with van der Waals surface area (Å²) in [5.41, 5.74) is 2.45. The van der Waals surface area contributed by atoms with Gasteiger partial charge in [0, 0.05) is 16.6 Å². The summed E-state index contributed by atoms with van der Waals surface area (Å²) in [6.07, 6.45) is 0. The number of anilines is 1. The molecule has 3 aromatic rings. The summed E-state index contributed by atoms with van der Waals surface area (Å²) in [5.74, 6) is -1.98. The van der Waals surface area contributed by atoms with Gasteiger partial charge in [0.1, 0.15) is 17.4 Å². The van der Waals surface area contributed by atoms with Crippen molar-refractivity contribution in [3.05, 3.63) is 51.7 Å². The Morgan fingerprint density at radius 1 is 1.24 bits per heavy atom. The van der Waals surface area contributed by atoms with E-state index in [0.717, 1.165) is 21.1 Å². The number of aromatic nitrogens is 1. The number of aliphatic carboxylic acids is 1. The molecule has 0 fully saturated rings. The number of amides is 1. The van der Waals surface area contributed by atoms with Crippen molar-refractivity contribution in [2.45, 2.75) is 13.5 Å². The zero-order valence-corrected chi connectivity index (χ0v) is 14.8. The number of nitrogens with zero attached hydrogens (tertiary/aromatic N) is 1. The standard InChI is InChI=1S/C17H14N2O4S2/c1-10-14(25-16(18-10)11-6-7-24-9-11)8-23-13-4-2-12(3-5-13)19-15(20)17(21)22/h2-7,9H,8H2,1H3,(H,19,20)(H,21,22). The second kappa shape index (κ2) is 7.45. The zero-order valence-electron chi connectivity index (χ0n) is 13.2. The van der Waals surface area contributed by atoms with Crippen LogP contribution in [0.3, 0.4) is 0 Å². The van der Waals surface area contributed by atoms with Crippen LogP contribution in [0.15, 0.2) is 41.1 Å². The summed E-state index contributed by atoms with van der Waals surface area (Å²) in [6.45, 7) is 2.35. The van der Waals surface area contributed by atoms with Crippen molar-refractivity contribution in [1.29, 1.82) is 0 Å². The monoisotopic (exact) mass is 374 g/mol. The lowest BCUT2D eigenvalue weighted by Gasteiger charge is -2.07. The smallest absolute Gasteiger partial charge is 0.394 e. The number of aryl methyl sites for hydroxylation is 1. The van der Waals surface area contributed by atoms with Crippen molar-refractivity contribution in [3.8, 4) is 16.3 Å². The van der Waals surface area contributed by atoms with Crippen LogP contribution >= 0.6 is 22.7 Å². The highest BCUT2D eigenvalue weighted by molar-refractivity contribution is 7.15. The van der Waals surface area contributed by atoms with Crippen LogP contribution in [0.25, 0.3) is 10.6 Å². The number of nitrogens with one attached hydrogen (secondary N) is 1. The van der Waals surface area contributed by atoms with Gasteiger partial charge in [0.2, 0.25) is 0 Å². The Kier molecular flexibility index (Phi) is 5.11. The molecular weight excluding hydrogens is 360 g/mol. The molecule has 2 N–H and O–H groups in total. The summed E-state index contributed by atoms with van der Waals surface area (Å²) in [4.78, 5) is 27.2. The Balaban J connectivity index is 1.62. The predicted octanol–water partition coefficient (Wildman–Crippen LogP) is 3.78. The second-order valence-electron chi connectivity index (χ2n) is 5.11. The average molecular weight is 374 g/mol. The van der Waals surface area contributed by atoms with Crippen LogP contribution in [0, 0.1) is 6.92 Å². The maximum absolute atomic E-state index is 11.1. The van der Waals surface area contributed by atoms with E-state index >= 15 is 0 Å². The van der Waals surface area contributed by atoms with Gasteiger partial charge in [-0.15, -0.1) is 11.3 Å². The van der Waals surface area contributed by atoms with Crippen LogP contribution in [0.4, 0.5) is 5.69 Å². The van der Waals surface area contributed by atoms with E-state index in [4.69, 9.17) is 9.84 Å². The largest absolute Gasteiger partial charge is 0.488 e. The second-order valence-corrected chi connectivity index (χ2v) is 6.98. The number of hydrogen-bond acceptors (Lipinski definition) is 6. The minimum absolute atomic E-state index is 0.397. The number of thiazole rings is 1. The van der Waals surface area contributed by atoms with Crippen molar-refractivity contribution in [2.75, 3.05) is 5.32 Å². The first kappa shape index (κ1) is 17.1. The Hall–Kier alpha value is -2.71. The minimum atomic E-state index is -1.53. The number of carbonyl (C=O) groups is 2. The molecule has 128 valence electrons. The van der Waals surface area contributed by atoms with Crippen molar-refractivity contribution in [1.82, 2.24) is 4.98 Å². The lowest BCUT2D eigenvalue weighted by molar-refractivity contribution is -0.147. The highest BCUT2D eigenvalue weighted by atomic mass is 32.1. The first-order valence-corrected chi connectivity index (χ1v) is 9.05. The van der Waals surface area contributed by atoms with E-state index in [9.17, 15) is 9.59 Å². The van der Waals surface area contributed by atoms with Crippen LogP contribution in [0.1, 0.15) is 10.6 Å². The molecule has 0 bridgehead atoms. The molecule has 2 heterocycles. The van der Waals surface area contributed by atoms with E-state index < -0.39 is 11.9 Å². The van der Waals surface area contributed by atoms with Gasteiger partial charge in [-0.25, -0.2) is 9.78 Å². The number of thiophene rings is 1. The summed E-state index contributed by atoms with van der Waals surface area (Å²) < 4.78 is 5.75. The fourth-order valence-corrected chi connectivity index (χ4v) is 3.73. The van der Waals surface area contributed by atoms with Gasteiger partial charge < -0.3 is 15.2 Å². The lowest BCUT2D eigenvalue weighted by atomic mass is 10.3. The van der Waals surface area contributed by atoms with Gasteiger partial charge in [-0.2, -0.15) is 11.3 Å². The molecular formula is C17H14N2O4S2. The maximum Gasteiger partial charge on any atom is 0.394 e. The molecule has 0 radical (unpaired) electrons. The molecule has 2 aromatic heterocycles. The van der Waals surface area contributed by atoms with Gasteiger partial charge in [-0.1, -0.05) is 0 Å². The minimum Gasteiger partial charge on any atom is -0.488 e. The van der Waals surface area contributed by atoms with Gasteiger partial charge in [0.05, 0.1) is 10.6 Å². The number of ether oxygens (including phenoxy) is 1. The Morgan fingerprint density at radius 2 is 2.00 bits per heavy atom. The molecule has 0 saturated carbocycles. The van der Waals surface area contributed by atoms with Crippen LogP contribution < -0.4 is 10.1 Å². The number of hydrogen-bond donors (Lipinski definition) is 2. The Morgan fingerprint density at radius 3 is 2.64 bits per heavy atom. The number of carbonyl (C=O) groups excluding carboxylic acids is 1. The molecule has 0 atom stereocenters. The lowest BCUT2D eigenvalue weighted by Crippen LogP contribution is -2.21. The van der Waals surface area contributed by atoms with E-state index in [0.29, 0.717) is 18.0 Å². The SMILES string of the molecule is Cc1nc(-c2ccsc2)sc1COc1ccc(NC(=O)C(=O)O)cc1. The molecule has 0 spiro atoms. The molecule has 25 heavy (non-hydrogen) atoms. The molecule has 0 aliphatic carbocycles. The van der Waals surface area contributed by atoms with Gasteiger partial charge in [0.15, 0.2) is 0 Å². The molecule has 8 heteroatoms. The Labute approximate surface area is 151 Å². The highest BCUT2D eigenvalue weighted by Gasteiger charge is 2.12. The van der Waals surface area contributed by atoms with Crippen molar-refractivity contribution >= 4 is 40.2 Å². The van der Waals surface area contributed by atoms with Gasteiger partial charge >= 0.3 is 11.9 Å². The zero-order chi connectivity index (χ0) is 17.8. The van der Waals surface area contributed by atoms with Gasteiger partial charge in [-0.3, -0.25) is 4.79 Å². The average Bonchev–Trinajstić information content (AvgIpc) is 3.24. The maximum atomic E-state index is 11.1. The fraction of sp³-hybridized carbons (Fsp3) is 0.118. The Bertz CT molecular complexity index is 886. The first-order chi connectivity index (χ1) is 12.0.